The minimum absolute atomic E-state index is 0.181. The van der Waals surface area contributed by atoms with Crippen LogP contribution in [-0.4, -0.2) is 11.7 Å². The van der Waals surface area contributed by atoms with Gasteiger partial charge in [-0.1, -0.05) is 19.1 Å². The van der Waals surface area contributed by atoms with E-state index in [1.807, 2.05) is 25.1 Å². The average molecular weight is 190 g/mol. The summed E-state index contributed by atoms with van der Waals surface area (Å²) in [7, 11) is 0. The van der Waals surface area contributed by atoms with Gasteiger partial charge < -0.3 is 9.84 Å². The first kappa shape index (κ1) is 9.13. The van der Waals surface area contributed by atoms with Gasteiger partial charge >= 0.3 is 0 Å². The molecule has 0 aliphatic carbocycles. The molecule has 14 heavy (non-hydrogen) atoms. The summed E-state index contributed by atoms with van der Waals surface area (Å²) in [6.07, 6.45) is 2.64. The Morgan fingerprint density at radius 1 is 1.57 bits per heavy atom. The number of fused-ring (bicyclic) bond motifs is 1. The number of phenols is 1. The van der Waals surface area contributed by atoms with Crippen LogP contribution >= 0.6 is 0 Å². The second-order valence-corrected chi connectivity index (χ2v) is 3.60. The van der Waals surface area contributed by atoms with Gasteiger partial charge in [0.25, 0.3) is 0 Å². The molecule has 0 radical (unpaired) electrons. The van der Waals surface area contributed by atoms with Crippen molar-refractivity contribution in [1.82, 2.24) is 0 Å². The van der Waals surface area contributed by atoms with Gasteiger partial charge in [-0.05, 0) is 6.07 Å². The topological polar surface area (TPSA) is 29.5 Å². The van der Waals surface area contributed by atoms with Crippen molar-refractivity contribution in [1.29, 1.82) is 0 Å². The second-order valence-electron chi connectivity index (χ2n) is 3.60. The molecule has 2 heteroatoms. The van der Waals surface area contributed by atoms with Gasteiger partial charge in [0.2, 0.25) is 0 Å². The zero-order valence-electron chi connectivity index (χ0n) is 8.29. The van der Waals surface area contributed by atoms with Gasteiger partial charge in [-0.25, -0.2) is 0 Å². The third-order valence-electron chi connectivity index (χ3n) is 2.72. The molecular formula is C12H14O2. The van der Waals surface area contributed by atoms with Gasteiger partial charge in [-0.3, -0.25) is 0 Å². The maximum Gasteiger partial charge on any atom is 0.126 e. The molecule has 1 aliphatic heterocycles. The van der Waals surface area contributed by atoms with Crippen LogP contribution in [0.4, 0.5) is 0 Å². The van der Waals surface area contributed by atoms with Gasteiger partial charge in [-0.15, -0.1) is 6.58 Å². The first-order chi connectivity index (χ1) is 6.74. The van der Waals surface area contributed by atoms with Crippen molar-refractivity contribution in [3.05, 3.63) is 35.9 Å². The van der Waals surface area contributed by atoms with Crippen LogP contribution in [0.1, 0.15) is 24.0 Å². The van der Waals surface area contributed by atoms with Crippen LogP contribution in [0, 0.1) is 0 Å². The summed E-state index contributed by atoms with van der Waals surface area (Å²) in [5, 5.41) is 9.98. The van der Waals surface area contributed by atoms with Gasteiger partial charge in [0.15, 0.2) is 0 Å². The Kier molecular flexibility index (Phi) is 2.20. The van der Waals surface area contributed by atoms with E-state index >= 15 is 0 Å². The summed E-state index contributed by atoms with van der Waals surface area (Å²) in [5.41, 5.74) is 1.88. The minimum Gasteiger partial charge on any atom is -0.507 e. The third-order valence-corrected chi connectivity index (χ3v) is 2.72. The molecule has 1 atom stereocenters. The number of hydrogen-bond acceptors (Lipinski definition) is 2. The molecule has 0 saturated carbocycles. The highest BCUT2D eigenvalue weighted by molar-refractivity contribution is 5.52. The summed E-state index contributed by atoms with van der Waals surface area (Å²) < 4.78 is 5.36. The van der Waals surface area contributed by atoms with Crippen LogP contribution in [-0.2, 0) is 6.42 Å². The molecule has 1 aromatic rings. The number of rotatable bonds is 2. The van der Waals surface area contributed by atoms with Gasteiger partial charge in [0, 0.05) is 23.5 Å². The molecule has 74 valence electrons. The lowest BCUT2D eigenvalue weighted by Crippen LogP contribution is -1.91. The van der Waals surface area contributed by atoms with Crippen LogP contribution in [0.5, 0.6) is 11.5 Å². The number of benzene rings is 1. The lowest BCUT2D eigenvalue weighted by Gasteiger charge is -2.11. The van der Waals surface area contributed by atoms with Crippen molar-refractivity contribution in [3.8, 4) is 11.5 Å². The predicted octanol–water partition coefficient (Wildman–Crippen LogP) is 2.62. The van der Waals surface area contributed by atoms with E-state index in [-0.39, 0.29) is 5.92 Å². The zero-order valence-corrected chi connectivity index (χ0v) is 8.29. The maximum atomic E-state index is 9.98. The van der Waals surface area contributed by atoms with Crippen LogP contribution < -0.4 is 4.74 Å². The van der Waals surface area contributed by atoms with Crippen molar-refractivity contribution < 1.29 is 9.84 Å². The largest absolute Gasteiger partial charge is 0.507 e. The minimum atomic E-state index is 0.181. The normalized spacial score (nSPS) is 15.8. The highest BCUT2D eigenvalue weighted by atomic mass is 16.5. The summed E-state index contributed by atoms with van der Waals surface area (Å²) >= 11 is 0. The lowest BCUT2D eigenvalue weighted by atomic mass is 9.97. The molecule has 1 heterocycles. The fourth-order valence-electron chi connectivity index (χ4n) is 1.77. The molecule has 1 aliphatic rings. The van der Waals surface area contributed by atoms with E-state index in [0.29, 0.717) is 12.4 Å². The third kappa shape index (κ3) is 1.27. The quantitative estimate of drug-likeness (QED) is 0.726. The molecule has 0 fully saturated rings. The van der Waals surface area contributed by atoms with E-state index < -0.39 is 0 Å². The van der Waals surface area contributed by atoms with E-state index in [1.165, 1.54) is 0 Å². The Morgan fingerprint density at radius 2 is 2.36 bits per heavy atom. The summed E-state index contributed by atoms with van der Waals surface area (Å²) in [6.45, 7) is 6.42. The molecule has 0 aromatic heterocycles. The number of ether oxygens (including phenoxy) is 1. The van der Waals surface area contributed by atoms with E-state index in [9.17, 15) is 5.11 Å². The average Bonchev–Trinajstić information content (AvgIpc) is 2.66. The summed E-state index contributed by atoms with van der Waals surface area (Å²) in [6, 6.07) is 3.84. The number of aromatic hydroxyl groups is 1. The molecule has 0 saturated heterocycles. The Morgan fingerprint density at radius 3 is 3.07 bits per heavy atom. The van der Waals surface area contributed by atoms with E-state index in [4.69, 9.17) is 4.74 Å². The van der Waals surface area contributed by atoms with Crippen molar-refractivity contribution in [2.75, 3.05) is 6.61 Å². The molecule has 0 amide bonds. The fraction of sp³-hybridized carbons (Fsp3) is 0.333. The first-order valence-corrected chi connectivity index (χ1v) is 4.84. The lowest BCUT2D eigenvalue weighted by molar-refractivity contribution is 0.356. The Bertz CT molecular complexity index is 369. The van der Waals surface area contributed by atoms with E-state index in [1.54, 1.807) is 0 Å². The summed E-state index contributed by atoms with van der Waals surface area (Å²) in [4.78, 5) is 0. The number of phenolic OH excluding ortho intramolecular Hbond substituents is 1. The second kappa shape index (κ2) is 3.37. The van der Waals surface area contributed by atoms with Crippen molar-refractivity contribution in [2.45, 2.75) is 19.3 Å². The van der Waals surface area contributed by atoms with Crippen LogP contribution in [0.15, 0.2) is 24.8 Å². The molecule has 1 N–H and O–H groups in total. The van der Waals surface area contributed by atoms with Crippen LogP contribution in [0.2, 0.25) is 0 Å². The van der Waals surface area contributed by atoms with Gasteiger partial charge in [0.05, 0.1) is 6.61 Å². The monoisotopic (exact) mass is 190 g/mol. The van der Waals surface area contributed by atoms with Crippen LogP contribution in [0.3, 0.4) is 0 Å². The molecule has 1 aromatic carbocycles. The highest BCUT2D eigenvalue weighted by Crippen LogP contribution is 2.38. The number of hydrogen-bond donors (Lipinski definition) is 1. The standard InChI is InChI=1S/C12H14O2/c1-3-8(2)9-4-5-11-10(12(9)13)6-7-14-11/h3-5,8,13H,1,6-7H2,2H3. The molecule has 1 unspecified atom stereocenters. The fourth-order valence-corrected chi connectivity index (χ4v) is 1.77. The molecule has 2 nitrogen and oxygen atoms in total. The van der Waals surface area contributed by atoms with E-state index in [2.05, 4.69) is 6.58 Å². The molecule has 0 spiro atoms. The summed E-state index contributed by atoms with van der Waals surface area (Å²) in [5.74, 6) is 1.39. The Labute approximate surface area is 83.8 Å². The van der Waals surface area contributed by atoms with Crippen LogP contribution in [0.25, 0.3) is 0 Å². The first-order valence-electron chi connectivity index (χ1n) is 4.84. The highest BCUT2D eigenvalue weighted by Gasteiger charge is 2.19. The zero-order chi connectivity index (χ0) is 10.1. The predicted molar refractivity (Wildman–Crippen MR) is 55.9 cm³/mol. The molecule has 0 bridgehead atoms. The molecule has 2 rings (SSSR count). The van der Waals surface area contributed by atoms with Gasteiger partial charge in [-0.2, -0.15) is 0 Å². The van der Waals surface area contributed by atoms with Crippen molar-refractivity contribution in [2.24, 2.45) is 0 Å². The SMILES string of the molecule is C=CC(C)c1ccc2c(c1O)CCO2. The maximum absolute atomic E-state index is 9.98. The van der Waals surface area contributed by atoms with Crippen molar-refractivity contribution >= 4 is 0 Å². The molecular weight excluding hydrogens is 176 g/mol. The van der Waals surface area contributed by atoms with Crippen molar-refractivity contribution in [3.63, 3.8) is 0 Å². The Balaban J connectivity index is 2.49. The smallest absolute Gasteiger partial charge is 0.126 e. The van der Waals surface area contributed by atoms with E-state index in [0.717, 1.165) is 23.3 Å². The Hall–Kier alpha value is -1.44. The number of allylic oxidation sites excluding steroid dienone is 1. The van der Waals surface area contributed by atoms with Gasteiger partial charge in [0.1, 0.15) is 11.5 Å².